The van der Waals surface area contributed by atoms with E-state index in [4.69, 9.17) is 5.11 Å². The van der Waals surface area contributed by atoms with Crippen LogP contribution in [-0.2, 0) is 4.79 Å². The summed E-state index contributed by atoms with van der Waals surface area (Å²) in [5.74, 6) is -1.48. The molecule has 4 heteroatoms. The third-order valence-electron chi connectivity index (χ3n) is 2.42. The standard InChI is InChI=1S/C14H18FNO2/c1-6-12(8-13(15)7-2)11(5)16-10(4)9(3)14(17)18/h6-8H,2H2,1,3-5H3,(H,17,18)/b10-9+,12-6+,13-8+,16-11+. The Labute approximate surface area is 107 Å². The largest absolute Gasteiger partial charge is 0.478 e. The number of carboxylic acids is 1. The van der Waals surface area contributed by atoms with E-state index in [1.54, 1.807) is 26.8 Å². The summed E-state index contributed by atoms with van der Waals surface area (Å²) in [5, 5.41) is 8.82. The Balaban J connectivity index is 5.39. The number of aliphatic carboxylic acids is 1. The number of allylic oxidation sites excluding steroid dienone is 6. The van der Waals surface area contributed by atoms with Crippen LogP contribution < -0.4 is 0 Å². The Bertz CT molecular complexity index is 468. The van der Waals surface area contributed by atoms with E-state index in [0.717, 1.165) is 6.08 Å². The molecule has 0 atom stereocenters. The number of carbonyl (C=O) groups is 1. The van der Waals surface area contributed by atoms with Gasteiger partial charge in [-0.05, 0) is 45.4 Å². The van der Waals surface area contributed by atoms with Crippen molar-refractivity contribution >= 4 is 11.7 Å². The predicted molar refractivity (Wildman–Crippen MR) is 72.3 cm³/mol. The third kappa shape index (κ3) is 4.91. The van der Waals surface area contributed by atoms with Gasteiger partial charge in [-0.25, -0.2) is 9.18 Å². The molecule has 0 bridgehead atoms. The van der Waals surface area contributed by atoms with Crippen LogP contribution in [0.5, 0.6) is 0 Å². The highest BCUT2D eigenvalue weighted by Crippen LogP contribution is 2.11. The maximum absolute atomic E-state index is 13.1. The van der Waals surface area contributed by atoms with Crippen LogP contribution in [-0.4, -0.2) is 16.8 Å². The lowest BCUT2D eigenvalue weighted by molar-refractivity contribution is -0.132. The summed E-state index contributed by atoms with van der Waals surface area (Å²) in [4.78, 5) is 14.9. The van der Waals surface area contributed by atoms with E-state index in [0.29, 0.717) is 17.0 Å². The van der Waals surface area contributed by atoms with Crippen LogP contribution in [0.4, 0.5) is 4.39 Å². The minimum Gasteiger partial charge on any atom is -0.478 e. The van der Waals surface area contributed by atoms with Crippen LogP contribution in [0.25, 0.3) is 0 Å². The van der Waals surface area contributed by atoms with E-state index < -0.39 is 11.8 Å². The number of hydrogen-bond acceptors (Lipinski definition) is 2. The predicted octanol–water partition coefficient (Wildman–Crippen LogP) is 3.81. The molecule has 0 aliphatic rings. The lowest BCUT2D eigenvalue weighted by Gasteiger charge is -2.03. The van der Waals surface area contributed by atoms with Crippen molar-refractivity contribution in [2.24, 2.45) is 4.99 Å². The van der Waals surface area contributed by atoms with Gasteiger partial charge in [0.05, 0.1) is 5.57 Å². The molecular weight excluding hydrogens is 233 g/mol. The molecule has 0 aromatic heterocycles. The van der Waals surface area contributed by atoms with E-state index in [-0.39, 0.29) is 5.57 Å². The first kappa shape index (κ1) is 16.0. The molecule has 0 aromatic rings. The van der Waals surface area contributed by atoms with Crippen LogP contribution >= 0.6 is 0 Å². The lowest BCUT2D eigenvalue weighted by Crippen LogP contribution is -2.01. The molecule has 0 unspecified atom stereocenters. The highest BCUT2D eigenvalue weighted by atomic mass is 19.1. The summed E-state index contributed by atoms with van der Waals surface area (Å²) in [6, 6.07) is 0. The van der Waals surface area contributed by atoms with E-state index >= 15 is 0 Å². The highest BCUT2D eigenvalue weighted by molar-refractivity contribution is 6.01. The summed E-state index contributed by atoms with van der Waals surface area (Å²) < 4.78 is 13.1. The minimum absolute atomic E-state index is 0.165. The van der Waals surface area contributed by atoms with Gasteiger partial charge in [0.2, 0.25) is 0 Å². The molecule has 0 saturated carbocycles. The normalized spacial score (nSPS) is 15.3. The summed E-state index contributed by atoms with van der Waals surface area (Å²) in [6.07, 6.45) is 4.10. The molecule has 0 rings (SSSR count). The molecular formula is C14H18FNO2. The van der Waals surface area contributed by atoms with Gasteiger partial charge >= 0.3 is 5.97 Å². The van der Waals surface area contributed by atoms with Crippen LogP contribution in [0.1, 0.15) is 27.7 Å². The zero-order valence-electron chi connectivity index (χ0n) is 11.1. The van der Waals surface area contributed by atoms with Gasteiger partial charge in [-0.1, -0.05) is 12.7 Å². The average Bonchev–Trinajstić information content (AvgIpc) is 2.33. The molecule has 3 nitrogen and oxygen atoms in total. The van der Waals surface area contributed by atoms with Crippen molar-refractivity contribution in [2.45, 2.75) is 27.7 Å². The Kier molecular flexibility index (Phi) is 6.57. The van der Waals surface area contributed by atoms with Crippen molar-refractivity contribution in [3.8, 4) is 0 Å². The van der Waals surface area contributed by atoms with E-state index in [9.17, 15) is 9.18 Å². The van der Waals surface area contributed by atoms with E-state index in [2.05, 4.69) is 11.6 Å². The topological polar surface area (TPSA) is 49.7 Å². The molecule has 0 radical (unpaired) electrons. The van der Waals surface area contributed by atoms with Crippen LogP contribution in [0, 0.1) is 0 Å². The molecule has 0 fully saturated rings. The highest BCUT2D eigenvalue weighted by Gasteiger charge is 2.06. The smallest absolute Gasteiger partial charge is 0.333 e. The molecule has 0 aromatic carbocycles. The second-order valence-corrected chi connectivity index (χ2v) is 3.69. The summed E-state index contributed by atoms with van der Waals surface area (Å²) in [5.41, 5.74) is 1.70. The fourth-order valence-electron chi connectivity index (χ4n) is 1.16. The molecule has 0 heterocycles. The first-order chi connectivity index (χ1) is 8.33. The van der Waals surface area contributed by atoms with Gasteiger partial charge in [-0.2, -0.15) is 0 Å². The molecule has 98 valence electrons. The van der Waals surface area contributed by atoms with Crippen LogP contribution in [0.2, 0.25) is 0 Å². The van der Waals surface area contributed by atoms with Crippen molar-refractivity contribution in [1.29, 1.82) is 0 Å². The number of nitrogens with zero attached hydrogens (tertiary/aromatic N) is 1. The summed E-state index contributed by atoms with van der Waals surface area (Å²) in [6.45, 7) is 9.85. The Morgan fingerprint density at radius 3 is 2.28 bits per heavy atom. The average molecular weight is 251 g/mol. The van der Waals surface area contributed by atoms with Crippen molar-refractivity contribution in [2.75, 3.05) is 0 Å². The Morgan fingerprint density at radius 2 is 1.89 bits per heavy atom. The minimum atomic E-state index is -1.01. The number of rotatable bonds is 5. The monoisotopic (exact) mass is 251 g/mol. The van der Waals surface area contributed by atoms with Crippen molar-refractivity contribution < 1.29 is 14.3 Å². The second-order valence-electron chi connectivity index (χ2n) is 3.69. The number of carboxylic acid groups (broad SMARTS) is 1. The van der Waals surface area contributed by atoms with E-state index in [1.807, 2.05) is 0 Å². The van der Waals surface area contributed by atoms with Gasteiger partial charge in [0.25, 0.3) is 0 Å². The van der Waals surface area contributed by atoms with Crippen LogP contribution in [0.15, 0.2) is 52.5 Å². The number of halogens is 1. The SMILES string of the molecule is C=C\C(F)=C/C(=C\C)C(/C)=N/C(C)=C(\C)C(=O)O. The van der Waals surface area contributed by atoms with Crippen LogP contribution in [0.3, 0.4) is 0 Å². The fourth-order valence-corrected chi connectivity index (χ4v) is 1.16. The van der Waals surface area contributed by atoms with Gasteiger partial charge < -0.3 is 5.11 Å². The van der Waals surface area contributed by atoms with Crippen molar-refractivity contribution in [3.05, 3.63) is 47.5 Å². The lowest BCUT2D eigenvalue weighted by atomic mass is 10.1. The van der Waals surface area contributed by atoms with E-state index in [1.165, 1.54) is 13.0 Å². The zero-order chi connectivity index (χ0) is 14.3. The molecule has 1 N–H and O–H groups in total. The fraction of sp³-hybridized carbons (Fsp3) is 0.286. The third-order valence-corrected chi connectivity index (χ3v) is 2.42. The molecule has 0 spiro atoms. The van der Waals surface area contributed by atoms with Gasteiger partial charge in [0.1, 0.15) is 5.83 Å². The Morgan fingerprint density at radius 1 is 1.33 bits per heavy atom. The van der Waals surface area contributed by atoms with Crippen molar-refractivity contribution in [3.63, 3.8) is 0 Å². The van der Waals surface area contributed by atoms with Gasteiger partial charge in [0, 0.05) is 11.4 Å². The number of aliphatic imine (C=N–C) groups is 1. The molecule has 0 aliphatic carbocycles. The first-order valence-corrected chi connectivity index (χ1v) is 5.45. The van der Waals surface area contributed by atoms with Gasteiger partial charge in [-0.15, -0.1) is 0 Å². The van der Waals surface area contributed by atoms with Crippen molar-refractivity contribution in [1.82, 2.24) is 0 Å². The molecule has 0 saturated heterocycles. The summed E-state index contributed by atoms with van der Waals surface area (Å²) in [7, 11) is 0. The zero-order valence-corrected chi connectivity index (χ0v) is 11.1. The molecule has 18 heavy (non-hydrogen) atoms. The quantitative estimate of drug-likeness (QED) is 0.459. The van der Waals surface area contributed by atoms with Gasteiger partial charge in [-0.3, -0.25) is 4.99 Å². The molecule has 0 aliphatic heterocycles. The maximum atomic E-state index is 13.1. The second kappa shape index (κ2) is 7.37. The maximum Gasteiger partial charge on any atom is 0.333 e. The van der Waals surface area contributed by atoms with Gasteiger partial charge in [0.15, 0.2) is 0 Å². The number of hydrogen-bond donors (Lipinski definition) is 1. The first-order valence-electron chi connectivity index (χ1n) is 5.45. The summed E-state index contributed by atoms with van der Waals surface area (Å²) >= 11 is 0. The Hall–Kier alpha value is -1.97. The molecule has 0 amide bonds.